The van der Waals surface area contributed by atoms with Crippen LogP contribution >= 0.6 is 0 Å². The summed E-state index contributed by atoms with van der Waals surface area (Å²) in [7, 11) is 0. The standard InChI is InChI=1S/4C6H10O3.Ti/c4*1-3-5(4(2)7)6(8)9;/h4*5H,3H2,1-2H3,(H,8,9);/q;;;;+4/p-4. The molecule has 0 spiro atoms. The molecule has 0 radical (unpaired) electrons. The van der Waals surface area contributed by atoms with Gasteiger partial charge in [-0.1, -0.05) is 27.7 Å². The number of hydrogen-bond donors (Lipinski definition) is 0. The van der Waals surface area contributed by atoms with Gasteiger partial charge in [-0.2, -0.15) is 0 Å². The van der Waals surface area contributed by atoms with E-state index in [0.717, 1.165) is 0 Å². The van der Waals surface area contributed by atoms with E-state index in [2.05, 4.69) is 0 Å². The summed E-state index contributed by atoms with van der Waals surface area (Å²) >= 11 is 0. The number of carbonyl (C=O) groups excluding carboxylic acids is 8. The molecule has 0 bridgehead atoms. The van der Waals surface area contributed by atoms with E-state index in [1.807, 2.05) is 0 Å². The molecule has 13 heteroatoms. The smallest absolute Gasteiger partial charge is 0.549 e. The van der Waals surface area contributed by atoms with E-state index in [1.54, 1.807) is 27.7 Å². The number of ketones is 4. The average Bonchev–Trinajstić information content (AvgIpc) is 2.69. The van der Waals surface area contributed by atoms with Gasteiger partial charge in [0.15, 0.2) is 0 Å². The molecule has 0 rings (SSSR count). The van der Waals surface area contributed by atoms with Crippen molar-refractivity contribution in [1.29, 1.82) is 0 Å². The molecule has 0 aliphatic carbocycles. The predicted molar refractivity (Wildman–Crippen MR) is 118 cm³/mol. The van der Waals surface area contributed by atoms with Crippen LogP contribution in [0.2, 0.25) is 0 Å². The molecule has 0 N–H and O–H groups in total. The van der Waals surface area contributed by atoms with Crippen LogP contribution in [0.3, 0.4) is 0 Å². The van der Waals surface area contributed by atoms with Gasteiger partial charge in [0.1, 0.15) is 23.1 Å². The summed E-state index contributed by atoms with van der Waals surface area (Å²) in [6, 6.07) is 0. The molecule has 0 heterocycles. The van der Waals surface area contributed by atoms with Gasteiger partial charge in [0.2, 0.25) is 0 Å². The molecule has 37 heavy (non-hydrogen) atoms. The second kappa shape index (κ2) is 24.9. The zero-order chi connectivity index (χ0) is 29.8. The van der Waals surface area contributed by atoms with Gasteiger partial charge in [-0.15, -0.1) is 0 Å². The Morgan fingerprint density at radius 2 is 0.514 bits per heavy atom. The van der Waals surface area contributed by atoms with Gasteiger partial charge in [-0.05, 0) is 53.4 Å². The topological polar surface area (TPSA) is 229 Å². The summed E-state index contributed by atoms with van der Waals surface area (Å²) < 4.78 is 0. The van der Waals surface area contributed by atoms with E-state index in [9.17, 15) is 58.8 Å². The summed E-state index contributed by atoms with van der Waals surface area (Å²) in [6.45, 7) is 11.6. The molecular formula is C24H36O12Ti. The Bertz CT molecular complexity index is 592. The van der Waals surface area contributed by atoms with Gasteiger partial charge in [-0.25, -0.2) is 0 Å². The molecular weight excluding hydrogens is 528 g/mol. The van der Waals surface area contributed by atoms with Crippen LogP contribution in [0.4, 0.5) is 0 Å². The van der Waals surface area contributed by atoms with Crippen LogP contribution in [0.25, 0.3) is 0 Å². The molecule has 0 aliphatic heterocycles. The Labute approximate surface area is 232 Å². The van der Waals surface area contributed by atoms with Gasteiger partial charge in [0.25, 0.3) is 0 Å². The number of hydrogen-bond acceptors (Lipinski definition) is 12. The fourth-order valence-corrected chi connectivity index (χ4v) is 2.48. The molecule has 12 nitrogen and oxygen atoms in total. The van der Waals surface area contributed by atoms with Crippen LogP contribution in [-0.2, 0) is 60.1 Å². The SMILES string of the molecule is CCC(C(C)=O)C(=O)[O-].CCC(C(C)=O)C(=O)[O-].CCC(C(C)=O)C(=O)[O-].CCC(C(C)=O)C(=O)[O-].[Ti+4]. The predicted octanol–water partition coefficient (Wildman–Crippen LogP) is -2.60. The maximum Gasteiger partial charge on any atom is 4.00 e. The summed E-state index contributed by atoms with van der Waals surface area (Å²) in [6.07, 6.45) is 1.27. The fourth-order valence-electron chi connectivity index (χ4n) is 2.48. The van der Waals surface area contributed by atoms with Crippen molar-refractivity contribution in [1.82, 2.24) is 0 Å². The number of aliphatic carboxylic acids is 4. The van der Waals surface area contributed by atoms with E-state index < -0.39 is 47.5 Å². The van der Waals surface area contributed by atoms with E-state index in [4.69, 9.17) is 0 Å². The molecule has 4 unspecified atom stereocenters. The number of Topliss-reactive ketones (excluding diaryl/α,β-unsaturated/α-hetero) is 4. The largest absolute Gasteiger partial charge is 4.00 e. The number of carboxylic acids is 4. The van der Waals surface area contributed by atoms with E-state index >= 15 is 0 Å². The quantitative estimate of drug-likeness (QED) is 0.176. The Balaban J connectivity index is -0.000000122. The van der Waals surface area contributed by atoms with Crippen LogP contribution in [0.15, 0.2) is 0 Å². The molecule has 0 saturated heterocycles. The first-order valence-electron chi connectivity index (χ1n) is 11.2. The third-order valence-corrected chi connectivity index (χ3v) is 4.73. The molecule has 208 valence electrons. The van der Waals surface area contributed by atoms with Crippen LogP contribution in [0, 0.1) is 23.7 Å². The maximum absolute atomic E-state index is 10.4. The first-order valence-corrected chi connectivity index (χ1v) is 11.2. The normalized spacial score (nSPS) is 12.3. The van der Waals surface area contributed by atoms with Crippen LogP contribution < -0.4 is 20.4 Å². The van der Waals surface area contributed by atoms with Crippen molar-refractivity contribution in [3.05, 3.63) is 0 Å². The minimum atomic E-state index is -1.27. The molecule has 0 aromatic carbocycles. The van der Waals surface area contributed by atoms with E-state index in [0.29, 0.717) is 25.7 Å². The first kappa shape index (κ1) is 44.3. The monoisotopic (exact) mass is 564 g/mol. The minimum Gasteiger partial charge on any atom is -0.549 e. The van der Waals surface area contributed by atoms with E-state index in [1.165, 1.54) is 27.7 Å². The summed E-state index contributed by atoms with van der Waals surface area (Å²) in [5.41, 5.74) is 0. The minimum absolute atomic E-state index is 0. The third kappa shape index (κ3) is 23.4. The molecule has 4 atom stereocenters. The van der Waals surface area contributed by atoms with Gasteiger partial charge in [-0.3, -0.25) is 19.2 Å². The molecule has 0 saturated carbocycles. The summed E-state index contributed by atoms with van der Waals surface area (Å²) in [4.78, 5) is 81.7. The Hall–Kier alpha value is -2.73. The average molecular weight is 564 g/mol. The van der Waals surface area contributed by atoms with Crippen molar-refractivity contribution < 1.29 is 80.5 Å². The Morgan fingerprint density at radius 1 is 0.405 bits per heavy atom. The van der Waals surface area contributed by atoms with Crippen molar-refractivity contribution in [3.63, 3.8) is 0 Å². The summed E-state index contributed by atoms with van der Waals surface area (Å²) in [5.74, 6) is -10.1. The molecule has 0 aliphatic rings. The van der Waals surface area contributed by atoms with Gasteiger partial charge in [0, 0.05) is 0 Å². The molecule has 0 aromatic heterocycles. The van der Waals surface area contributed by atoms with Crippen molar-refractivity contribution in [2.24, 2.45) is 23.7 Å². The van der Waals surface area contributed by atoms with Crippen molar-refractivity contribution >= 4 is 47.0 Å². The zero-order valence-electron chi connectivity index (χ0n) is 22.5. The number of carbonyl (C=O) groups is 8. The molecule has 0 aromatic rings. The second-order valence-corrected chi connectivity index (χ2v) is 7.56. The molecule has 0 fully saturated rings. The van der Waals surface area contributed by atoms with Gasteiger partial charge < -0.3 is 39.6 Å². The summed E-state index contributed by atoms with van der Waals surface area (Å²) in [5, 5.41) is 40.2. The number of rotatable bonds is 12. The fraction of sp³-hybridized carbons (Fsp3) is 0.667. The maximum atomic E-state index is 10.4. The van der Waals surface area contributed by atoms with Gasteiger partial charge >= 0.3 is 21.7 Å². The van der Waals surface area contributed by atoms with Crippen LogP contribution in [0.5, 0.6) is 0 Å². The second-order valence-electron chi connectivity index (χ2n) is 7.56. The van der Waals surface area contributed by atoms with Crippen molar-refractivity contribution in [2.75, 3.05) is 0 Å². The third-order valence-electron chi connectivity index (χ3n) is 4.73. The molecule has 0 amide bonds. The zero-order valence-corrected chi connectivity index (χ0v) is 24.1. The van der Waals surface area contributed by atoms with Crippen molar-refractivity contribution in [3.8, 4) is 0 Å². The Kier molecular flexibility index (Phi) is 29.9. The van der Waals surface area contributed by atoms with E-state index in [-0.39, 0.29) is 44.9 Å². The number of carboxylic acid groups (broad SMARTS) is 4. The first-order chi connectivity index (χ1) is 16.4. The van der Waals surface area contributed by atoms with Crippen LogP contribution in [0.1, 0.15) is 81.1 Å². The Morgan fingerprint density at radius 3 is 0.514 bits per heavy atom. The van der Waals surface area contributed by atoms with Crippen LogP contribution in [-0.4, -0.2) is 47.0 Å². The van der Waals surface area contributed by atoms with Crippen molar-refractivity contribution in [2.45, 2.75) is 81.1 Å². The van der Waals surface area contributed by atoms with Gasteiger partial charge in [0.05, 0.1) is 47.5 Å².